The summed E-state index contributed by atoms with van der Waals surface area (Å²) in [6.45, 7) is 5.40. The summed E-state index contributed by atoms with van der Waals surface area (Å²) in [5.41, 5.74) is 3.22. The molecule has 0 saturated carbocycles. The van der Waals surface area contributed by atoms with Crippen LogP contribution in [0.5, 0.6) is 0 Å². The molecule has 0 aliphatic carbocycles. The number of hydrogen-bond acceptors (Lipinski definition) is 2. The van der Waals surface area contributed by atoms with Crippen molar-refractivity contribution in [2.45, 2.75) is 39.4 Å². The summed E-state index contributed by atoms with van der Waals surface area (Å²) in [6, 6.07) is 14.6. The Hall–Kier alpha value is -2.16. The van der Waals surface area contributed by atoms with Crippen LogP contribution in [0.1, 0.15) is 36.5 Å². The van der Waals surface area contributed by atoms with Gasteiger partial charge in [-0.1, -0.05) is 36.4 Å². The van der Waals surface area contributed by atoms with Gasteiger partial charge in [0.05, 0.1) is 6.54 Å². The van der Waals surface area contributed by atoms with Gasteiger partial charge in [0.15, 0.2) is 5.96 Å². The van der Waals surface area contributed by atoms with Gasteiger partial charge in [-0.2, -0.15) is 0 Å². The van der Waals surface area contributed by atoms with Crippen LogP contribution in [-0.2, 0) is 24.4 Å². The van der Waals surface area contributed by atoms with Gasteiger partial charge in [0.1, 0.15) is 5.82 Å². The molecule has 2 aromatic carbocycles. The molecule has 0 bridgehead atoms. The summed E-state index contributed by atoms with van der Waals surface area (Å²) >= 11 is 0. The quantitative estimate of drug-likeness (QED) is 0.339. The van der Waals surface area contributed by atoms with Crippen LogP contribution in [0.15, 0.2) is 53.5 Å². The molecule has 0 radical (unpaired) electrons. The van der Waals surface area contributed by atoms with E-state index in [4.69, 9.17) is 0 Å². The van der Waals surface area contributed by atoms with Crippen molar-refractivity contribution < 1.29 is 9.18 Å². The second-order valence-corrected chi connectivity index (χ2v) is 6.91. The van der Waals surface area contributed by atoms with E-state index in [1.165, 1.54) is 12.1 Å². The summed E-state index contributed by atoms with van der Waals surface area (Å²) < 4.78 is 13.0. The van der Waals surface area contributed by atoms with Crippen molar-refractivity contribution in [2.75, 3.05) is 13.1 Å². The van der Waals surface area contributed by atoms with Gasteiger partial charge < -0.3 is 15.5 Å². The molecule has 3 rings (SSSR count). The van der Waals surface area contributed by atoms with E-state index in [1.54, 1.807) is 12.1 Å². The third-order valence-electron chi connectivity index (χ3n) is 4.67. The molecule has 2 aromatic rings. The topological polar surface area (TPSA) is 56.7 Å². The Morgan fingerprint density at radius 2 is 1.86 bits per heavy atom. The number of aliphatic imine (C=N–C) groups is 1. The van der Waals surface area contributed by atoms with Gasteiger partial charge in [0.25, 0.3) is 0 Å². The number of rotatable bonds is 7. The molecule has 5 nitrogen and oxygen atoms in total. The fraction of sp³-hybridized carbons (Fsp3) is 0.364. The molecule has 2 N–H and O–H groups in total. The zero-order valence-electron chi connectivity index (χ0n) is 16.7. The molecule has 7 heteroatoms. The number of likely N-dealkylation sites (tertiary alicyclic amines) is 1. The Kier molecular flexibility index (Phi) is 9.37. The molecule has 29 heavy (non-hydrogen) atoms. The summed E-state index contributed by atoms with van der Waals surface area (Å²) in [5, 5.41) is 6.49. The smallest absolute Gasteiger partial charge is 0.222 e. The van der Waals surface area contributed by atoms with E-state index < -0.39 is 0 Å². The second kappa shape index (κ2) is 11.7. The van der Waals surface area contributed by atoms with Crippen molar-refractivity contribution in [3.05, 3.63) is 71.0 Å². The zero-order valence-corrected chi connectivity index (χ0v) is 19.0. The summed E-state index contributed by atoms with van der Waals surface area (Å²) in [5.74, 6) is 0.717. The first-order valence-corrected chi connectivity index (χ1v) is 9.76. The monoisotopic (exact) mass is 510 g/mol. The first-order chi connectivity index (χ1) is 13.6. The van der Waals surface area contributed by atoms with Crippen LogP contribution in [0.25, 0.3) is 0 Å². The fourth-order valence-corrected chi connectivity index (χ4v) is 3.22. The molecular formula is C22H28FIN4O. The van der Waals surface area contributed by atoms with Crippen LogP contribution in [0, 0.1) is 5.82 Å². The third-order valence-corrected chi connectivity index (χ3v) is 4.67. The van der Waals surface area contributed by atoms with E-state index in [0.29, 0.717) is 32.0 Å². The first kappa shape index (κ1) is 23.1. The molecule has 1 amide bonds. The number of hydrogen-bond donors (Lipinski definition) is 2. The lowest BCUT2D eigenvalue weighted by molar-refractivity contribution is -0.128. The minimum Gasteiger partial charge on any atom is -0.357 e. The van der Waals surface area contributed by atoms with Crippen LogP contribution in [0.2, 0.25) is 0 Å². The number of halogens is 2. The average molecular weight is 510 g/mol. The lowest BCUT2D eigenvalue weighted by Gasteiger charge is -2.16. The van der Waals surface area contributed by atoms with Gasteiger partial charge in [-0.3, -0.25) is 4.79 Å². The van der Waals surface area contributed by atoms with Crippen molar-refractivity contribution in [3.8, 4) is 0 Å². The predicted molar refractivity (Wildman–Crippen MR) is 125 cm³/mol. The molecule has 0 unspecified atom stereocenters. The SMILES string of the molecule is CCNC(=NCc1cccc(CN2CCCC2=O)c1)NCc1ccc(F)cc1.I. The maximum absolute atomic E-state index is 13.0. The highest BCUT2D eigenvalue weighted by Crippen LogP contribution is 2.15. The lowest BCUT2D eigenvalue weighted by Crippen LogP contribution is -2.36. The van der Waals surface area contributed by atoms with Crippen LogP contribution >= 0.6 is 24.0 Å². The van der Waals surface area contributed by atoms with Crippen LogP contribution < -0.4 is 10.6 Å². The highest BCUT2D eigenvalue weighted by molar-refractivity contribution is 14.0. The summed E-state index contributed by atoms with van der Waals surface area (Å²) in [4.78, 5) is 18.4. The molecule has 1 heterocycles. The first-order valence-electron chi connectivity index (χ1n) is 9.76. The largest absolute Gasteiger partial charge is 0.357 e. The van der Waals surface area contributed by atoms with E-state index in [9.17, 15) is 9.18 Å². The van der Waals surface area contributed by atoms with Gasteiger partial charge in [-0.15, -0.1) is 24.0 Å². The maximum Gasteiger partial charge on any atom is 0.222 e. The summed E-state index contributed by atoms with van der Waals surface area (Å²) in [7, 11) is 0. The van der Waals surface area contributed by atoms with Gasteiger partial charge in [0.2, 0.25) is 5.91 Å². The van der Waals surface area contributed by atoms with Crippen molar-refractivity contribution in [3.63, 3.8) is 0 Å². The number of carbonyl (C=O) groups is 1. The Labute approximate surface area is 188 Å². The minimum absolute atomic E-state index is 0. The Morgan fingerprint density at radius 1 is 1.10 bits per heavy atom. The third kappa shape index (κ3) is 7.30. The zero-order chi connectivity index (χ0) is 19.8. The minimum atomic E-state index is -0.236. The number of nitrogens with zero attached hydrogens (tertiary/aromatic N) is 2. The number of amides is 1. The van der Waals surface area contributed by atoms with Crippen molar-refractivity contribution in [2.24, 2.45) is 4.99 Å². The number of nitrogens with one attached hydrogen (secondary N) is 2. The van der Waals surface area contributed by atoms with Gasteiger partial charge in [-0.25, -0.2) is 9.38 Å². The van der Waals surface area contributed by atoms with Crippen molar-refractivity contribution in [1.29, 1.82) is 0 Å². The number of guanidine groups is 1. The van der Waals surface area contributed by atoms with Crippen LogP contribution in [0.3, 0.4) is 0 Å². The van der Waals surface area contributed by atoms with E-state index in [0.717, 1.165) is 36.2 Å². The summed E-state index contributed by atoms with van der Waals surface area (Å²) in [6.07, 6.45) is 1.62. The lowest BCUT2D eigenvalue weighted by atomic mass is 10.1. The van der Waals surface area contributed by atoms with E-state index in [-0.39, 0.29) is 35.7 Å². The van der Waals surface area contributed by atoms with Crippen LogP contribution in [-0.4, -0.2) is 29.9 Å². The Bertz CT molecular complexity index is 826. The molecule has 1 aliphatic rings. The molecule has 1 saturated heterocycles. The number of carbonyl (C=O) groups excluding carboxylic acids is 1. The van der Waals surface area contributed by atoms with Gasteiger partial charge >= 0.3 is 0 Å². The van der Waals surface area contributed by atoms with E-state index >= 15 is 0 Å². The highest BCUT2D eigenvalue weighted by atomic mass is 127. The molecule has 156 valence electrons. The Balaban J connectivity index is 0.00000300. The Morgan fingerprint density at radius 3 is 2.55 bits per heavy atom. The van der Waals surface area contributed by atoms with E-state index in [2.05, 4.69) is 27.8 Å². The molecule has 1 aliphatic heterocycles. The standard InChI is InChI=1S/C22H27FN4O.HI/c1-2-24-22(25-14-17-8-10-20(23)11-9-17)26-15-18-5-3-6-19(13-18)16-27-12-4-7-21(27)28;/h3,5-6,8-11,13H,2,4,7,12,14-16H2,1H3,(H2,24,25,26);1H. The molecule has 0 aromatic heterocycles. The average Bonchev–Trinajstić information content (AvgIpc) is 3.10. The van der Waals surface area contributed by atoms with Gasteiger partial charge in [-0.05, 0) is 42.2 Å². The highest BCUT2D eigenvalue weighted by Gasteiger charge is 2.19. The molecular weight excluding hydrogens is 482 g/mol. The fourth-order valence-electron chi connectivity index (χ4n) is 3.22. The molecule has 0 spiro atoms. The second-order valence-electron chi connectivity index (χ2n) is 6.91. The van der Waals surface area contributed by atoms with E-state index in [1.807, 2.05) is 24.0 Å². The van der Waals surface area contributed by atoms with Crippen LogP contribution in [0.4, 0.5) is 4.39 Å². The van der Waals surface area contributed by atoms with Gasteiger partial charge in [0, 0.05) is 32.6 Å². The predicted octanol–water partition coefficient (Wildman–Crippen LogP) is 3.82. The maximum atomic E-state index is 13.0. The van der Waals surface area contributed by atoms with Crippen molar-refractivity contribution in [1.82, 2.24) is 15.5 Å². The normalized spacial score (nSPS) is 13.9. The molecule has 0 atom stereocenters. The number of benzene rings is 2. The van der Waals surface area contributed by atoms with Crippen molar-refractivity contribution >= 4 is 35.8 Å². The molecule has 1 fully saturated rings.